The van der Waals surface area contributed by atoms with Crippen molar-refractivity contribution in [3.63, 3.8) is 0 Å². The number of benzene rings is 2. The van der Waals surface area contributed by atoms with Gasteiger partial charge in [-0.1, -0.05) is 42.5 Å². The molecule has 3 aromatic rings. The number of aromatic amines is 1. The number of aromatic nitrogens is 2. The Morgan fingerprint density at radius 3 is 2.57 bits per heavy atom. The van der Waals surface area contributed by atoms with Crippen LogP contribution in [-0.2, 0) is 11.3 Å². The fraction of sp³-hybridized carbons (Fsp3) is 0.391. The second-order valence-corrected chi connectivity index (χ2v) is 7.87. The smallest absolute Gasteiger partial charge is 0.409 e. The number of nitrogens with one attached hydrogen (secondary N) is 1. The van der Waals surface area contributed by atoms with Gasteiger partial charge in [0.15, 0.2) is 0 Å². The van der Waals surface area contributed by atoms with Gasteiger partial charge in [-0.2, -0.15) is 0 Å². The van der Waals surface area contributed by atoms with Crippen molar-refractivity contribution in [1.82, 2.24) is 19.4 Å². The van der Waals surface area contributed by atoms with Gasteiger partial charge in [0.2, 0.25) is 0 Å². The average molecular weight is 409 g/mol. The molecule has 0 atom stereocenters. The molecule has 0 bridgehead atoms. The Morgan fingerprint density at radius 1 is 1.10 bits per heavy atom. The molecule has 1 aromatic heterocycles. The van der Waals surface area contributed by atoms with Crippen LogP contribution in [0.4, 0.5) is 4.79 Å². The minimum Gasteiger partial charge on any atom is -0.448 e. The Labute approximate surface area is 175 Å². The number of rotatable bonds is 6. The molecule has 0 spiro atoms. The van der Waals surface area contributed by atoms with Crippen LogP contribution in [0.1, 0.15) is 24.4 Å². The van der Waals surface area contributed by atoms with Crippen LogP contribution in [0.3, 0.4) is 0 Å². The predicted octanol–water partition coefficient (Wildman–Crippen LogP) is 3.24. The number of carbonyl (C=O) groups excluding carboxylic acids is 1. The average Bonchev–Trinajstić information content (AvgIpc) is 3.10. The van der Waals surface area contributed by atoms with Crippen LogP contribution in [0.25, 0.3) is 11.0 Å². The van der Waals surface area contributed by atoms with Crippen LogP contribution in [0.2, 0.25) is 0 Å². The van der Waals surface area contributed by atoms with E-state index in [1.54, 1.807) is 4.90 Å². The summed E-state index contributed by atoms with van der Waals surface area (Å²) in [6.07, 6.45) is 1.21. The van der Waals surface area contributed by atoms with Crippen molar-refractivity contribution in [3.05, 3.63) is 70.6 Å². The number of hydrogen-bond acceptors (Lipinski definition) is 4. The van der Waals surface area contributed by atoms with Crippen molar-refractivity contribution in [2.75, 3.05) is 33.3 Å². The lowest BCUT2D eigenvalue weighted by Gasteiger charge is -2.32. The molecule has 1 aliphatic rings. The van der Waals surface area contributed by atoms with Gasteiger partial charge in [0.1, 0.15) is 6.61 Å². The standard InChI is InChI=1S/C23H28N4O3/c1-25(17-18-7-3-2-4-8-18)15-16-30-23(29)26-13-11-19(12-14-26)27-21-10-6-5-9-20(21)24-22(27)28/h2-10,19H,11-17H2,1H3,(H,24,28). The molecule has 2 heterocycles. The van der Waals surface area contributed by atoms with Crippen molar-refractivity contribution < 1.29 is 9.53 Å². The predicted molar refractivity (Wildman–Crippen MR) is 117 cm³/mol. The first-order valence-corrected chi connectivity index (χ1v) is 10.5. The van der Waals surface area contributed by atoms with Crippen molar-refractivity contribution in [2.45, 2.75) is 25.4 Å². The summed E-state index contributed by atoms with van der Waals surface area (Å²) in [6.45, 7) is 3.06. The number of nitrogens with zero attached hydrogens (tertiary/aromatic N) is 3. The molecule has 7 heteroatoms. The Balaban J connectivity index is 1.24. The Bertz CT molecular complexity index is 1040. The fourth-order valence-electron chi connectivity index (χ4n) is 4.10. The molecule has 158 valence electrons. The number of imidazole rings is 1. The van der Waals surface area contributed by atoms with Gasteiger partial charge in [-0.05, 0) is 37.6 Å². The molecule has 4 rings (SSSR count). The maximum Gasteiger partial charge on any atom is 0.409 e. The molecule has 1 aliphatic heterocycles. The second kappa shape index (κ2) is 9.17. The summed E-state index contributed by atoms with van der Waals surface area (Å²) in [7, 11) is 2.02. The summed E-state index contributed by atoms with van der Waals surface area (Å²) in [5.41, 5.74) is 2.92. The summed E-state index contributed by atoms with van der Waals surface area (Å²) < 4.78 is 7.31. The Morgan fingerprint density at radius 2 is 1.80 bits per heavy atom. The molecule has 0 unspecified atom stereocenters. The van der Waals surface area contributed by atoms with Crippen molar-refractivity contribution in [2.24, 2.45) is 0 Å². The number of likely N-dealkylation sites (tertiary alicyclic amines) is 1. The number of hydrogen-bond donors (Lipinski definition) is 1. The van der Waals surface area contributed by atoms with Gasteiger partial charge >= 0.3 is 11.8 Å². The van der Waals surface area contributed by atoms with Crippen LogP contribution >= 0.6 is 0 Å². The fourth-order valence-corrected chi connectivity index (χ4v) is 4.10. The maximum atomic E-state index is 12.4. The van der Waals surface area contributed by atoms with E-state index in [0.717, 1.165) is 30.4 Å². The van der Waals surface area contributed by atoms with Crippen LogP contribution in [0, 0.1) is 0 Å². The number of ether oxygens (including phenoxy) is 1. The topological polar surface area (TPSA) is 70.6 Å². The van der Waals surface area contributed by atoms with E-state index in [1.807, 2.05) is 54.1 Å². The molecule has 30 heavy (non-hydrogen) atoms. The quantitative estimate of drug-likeness (QED) is 0.680. The van der Waals surface area contributed by atoms with E-state index in [-0.39, 0.29) is 17.8 Å². The third-order valence-corrected chi connectivity index (χ3v) is 5.71. The number of likely N-dealkylation sites (N-methyl/N-ethyl adjacent to an activating group) is 1. The molecule has 2 aromatic carbocycles. The van der Waals surface area contributed by atoms with E-state index in [0.29, 0.717) is 26.2 Å². The first kappa shape index (κ1) is 20.2. The van der Waals surface area contributed by atoms with Gasteiger partial charge in [-0.25, -0.2) is 9.59 Å². The number of amides is 1. The molecule has 0 aliphatic carbocycles. The third-order valence-electron chi connectivity index (χ3n) is 5.71. The van der Waals surface area contributed by atoms with E-state index < -0.39 is 0 Å². The SMILES string of the molecule is CN(CCOC(=O)N1CCC(n2c(=O)[nH]c3ccccc32)CC1)Cc1ccccc1. The molecule has 1 saturated heterocycles. The molecule has 7 nitrogen and oxygen atoms in total. The Hall–Kier alpha value is -3.06. The van der Waals surface area contributed by atoms with Crippen molar-refractivity contribution in [3.8, 4) is 0 Å². The van der Waals surface area contributed by atoms with Crippen LogP contribution in [0.5, 0.6) is 0 Å². The van der Waals surface area contributed by atoms with Gasteiger partial charge in [0.25, 0.3) is 0 Å². The molecular weight excluding hydrogens is 380 g/mol. The highest BCUT2D eigenvalue weighted by molar-refractivity contribution is 5.75. The van der Waals surface area contributed by atoms with E-state index in [1.165, 1.54) is 5.56 Å². The van der Waals surface area contributed by atoms with E-state index in [4.69, 9.17) is 4.74 Å². The molecular formula is C23H28N4O3. The third kappa shape index (κ3) is 4.57. The van der Waals surface area contributed by atoms with Crippen LogP contribution in [0.15, 0.2) is 59.4 Å². The first-order chi connectivity index (χ1) is 14.6. The first-order valence-electron chi connectivity index (χ1n) is 10.5. The molecule has 0 saturated carbocycles. The van der Waals surface area contributed by atoms with Gasteiger partial charge in [-0.3, -0.25) is 9.47 Å². The minimum atomic E-state index is -0.271. The summed E-state index contributed by atoms with van der Waals surface area (Å²) in [5, 5.41) is 0. The summed E-state index contributed by atoms with van der Waals surface area (Å²) in [5.74, 6) is 0. The van der Waals surface area contributed by atoms with Crippen LogP contribution in [-0.4, -0.2) is 58.7 Å². The second-order valence-electron chi connectivity index (χ2n) is 7.87. The highest BCUT2D eigenvalue weighted by Gasteiger charge is 2.26. The maximum absolute atomic E-state index is 12.4. The Kier molecular flexibility index (Phi) is 6.18. The highest BCUT2D eigenvalue weighted by atomic mass is 16.6. The molecule has 0 radical (unpaired) electrons. The van der Waals surface area contributed by atoms with E-state index in [2.05, 4.69) is 22.0 Å². The number of H-pyrrole nitrogens is 1. The monoisotopic (exact) mass is 408 g/mol. The number of carbonyl (C=O) groups is 1. The van der Waals surface area contributed by atoms with Gasteiger partial charge in [0.05, 0.1) is 11.0 Å². The zero-order valence-corrected chi connectivity index (χ0v) is 17.3. The lowest BCUT2D eigenvalue weighted by Crippen LogP contribution is -2.41. The summed E-state index contributed by atoms with van der Waals surface area (Å²) in [6, 6.07) is 18.0. The molecule has 1 fully saturated rings. The van der Waals surface area contributed by atoms with Gasteiger partial charge in [-0.15, -0.1) is 0 Å². The largest absolute Gasteiger partial charge is 0.448 e. The normalized spacial score (nSPS) is 15.1. The van der Waals surface area contributed by atoms with Gasteiger partial charge in [0, 0.05) is 32.2 Å². The number of fused-ring (bicyclic) bond motifs is 1. The van der Waals surface area contributed by atoms with E-state index >= 15 is 0 Å². The number of para-hydroxylation sites is 2. The summed E-state index contributed by atoms with van der Waals surface area (Å²) >= 11 is 0. The minimum absolute atomic E-state index is 0.0846. The number of piperidine rings is 1. The zero-order valence-electron chi connectivity index (χ0n) is 17.3. The lowest BCUT2D eigenvalue weighted by molar-refractivity contribution is 0.0809. The molecule has 1 amide bonds. The summed E-state index contributed by atoms with van der Waals surface area (Å²) in [4.78, 5) is 31.6. The zero-order chi connectivity index (χ0) is 20.9. The molecule has 1 N–H and O–H groups in total. The van der Waals surface area contributed by atoms with Crippen molar-refractivity contribution in [1.29, 1.82) is 0 Å². The van der Waals surface area contributed by atoms with Gasteiger partial charge < -0.3 is 14.6 Å². The van der Waals surface area contributed by atoms with Crippen molar-refractivity contribution >= 4 is 17.1 Å². The lowest BCUT2D eigenvalue weighted by atomic mass is 10.0. The van der Waals surface area contributed by atoms with E-state index in [9.17, 15) is 9.59 Å². The van der Waals surface area contributed by atoms with Crippen LogP contribution < -0.4 is 5.69 Å². The highest BCUT2D eigenvalue weighted by Crippen LogP contribution is 2.25.